The van der Waals surface area contributed by atoms with E-state index in [1.165, 1.54) is 9.26 Å². The molecule has 0 saturated carbocycles. The summed E-state index contributed by atoms with van der Waals surface area (Å²) in [7, 11) is 0. The summed E-state index contributed by atoms with van der Waals surface area (Å²) in [5.41, 5.74) is 2.21. The van der Waals surface area contributed by atoms with Crippen LogP contribution in [0.2, 0.25) is 0 Å². The molecule has 0 aliphatic rings. The largest absolute Gasteiger partial charge is 0.467 e. The standard InChI is InChI=1S/C14H18IN3O2/c1-10-14(15)11(2)18(17-10)7-3-6-13(19)16-9-12-5-4-8-20-12/h4-5,8H,3,6-7,9H2,1-2H3,(H,16,19). The summed E-state index contributed by atoms with van der Waals surface area (Å²) in [5.74, 6) is 0.809. The smallest absolute Gasteiger partial charge is 0.220 e. The molecule has 0 atom stereocenters. The first kappa shape index (κ1) is 15.1. The van der Waals surface area contributed by atoms with Gasteiger partial charge in [-0.1, -0.05) is 0 Å². The molecule has 0 aliphatic heterocycles. The van der Waals surface area contributed by atoms with Crippen LogP contribution in [-0.2, 0) is 17.9 Å². The minimum Gasteiger partial charge on any atom is -0.467 e. The molecule has 0 saturated heterocycles. The second kappa shape index (κ2) is 6.92. The summed E-state index contributed by atoms with van der Waals surface area (Å²) in [6, 6.07) is 3.66. The Hall–Kier alpha value is -1.31. The van der Waals surface area contributed by atoms with Crippen LogP contribution in [0.4, 0.5) is 0 Å². The van der Waals surface area contributed by atoms with Crippen molar-refractivity contribution in [2.45, 2.75) is 39.8 Å². The van der Waals surface area contributed by atoms with E-state index in [2.05, 4.69) is 39.9 Å². The van der Waals surface area contributed by atoms with Gasteiger partial charge in [0.15, 0.2) is 0 Å². The molecule has 2 heterocycles. The predicted molar refractivity (Wildman–Crippen MR) is 84.2 cm³/mol. The molecule has 0 spiro atoms. The molecule has 2 aromatic rings. The molecule has 0 aliphatic carbocycles. The van der Waals surface area contributed by atoms with Crippen LogP contribution in [-0.4, -0.2) is 15.7 Å². The molecule has 0 radical (unpaired) electrons. The first-order valence-electron chi connectivity index (χ1n) is 6.56. The molecular weight excluding hydrogens is 369 g/mol. The Kier molecular flexibility index (Phi) is 5.22. The quantitative estimate of drug-likeness (QED) is 0.776. The van der Waals surface area contributed by atoms with Crippen molar-refractivity contribution in [3.05, 3.63) is 39.1 Å². The van der Waals surface area contributed by atoms with E-state index in [1.54, 1.807) is 6.26 Å². The molecule has 1 N–H and O–H groups in total. The summed E-state index contributed by atoms with van der Waals surface area (Å²) >= 11 is 2.30. The molecule has 0 unspecified atom stereocenters. The highest BCUT2D eigenvalue weighted by molar-refractivity contribution is 14.1. The molecule has 6 heteroatoms. The van der Waals surface area contributed by atoms with Gasteiger partial charge in [-0.25, -0.2) is 0 Å². The Morgan fingerprint density at radius 1 is 1.50 bits per heavy atom. The number of carbonyl (C=O) groups excluding carboxylic acids is 1. The fraction of sp³-hybridized carbons (Fsp3) is 0.429. The molecule has 2 aromatic heterocycles. The Morgan fingerprint density at radius 3 is 2.90 bits per heavy atom. The van der Waals surface area contributed by atoms with Crippen LogP contribution in [0, 0.1) is 17.4 Å². The van der Waals surface area contributed by atoms with Gasteiger partial charge >= 0.3 is 0 Å². The predicted octanol–water partition coefficient (Wildman–Crippen LogP) is 2.79. The van der Waals surface area contributed by atoms with Crippen molar-refractivity contribution in [1.29, 1.82) is 0 Å². The zero-order chi connectivity index (χ0) is 14.5. The average Bonchev–Trinajstić information content (AvgIpc) is 3.02. The van der Waals surface area contributed by atoms with Gasteiger partial charge in [-0.2, -0.15) is 5.10 Å². The maximum Gasteiger partial charge on any atom is 0.220 e. The van der Waals surface area contributed by atoms with Gasteiger partial charge in [0.05, 0.1) is 22.1 Å². The van der Waals surface area contributed by atoms with Crippen molar-refractivity contribution in [3.63, 3.8) is 0 Å². The SMILES string of the molecule is Cc1nn(CCCC(=O)NCc2ccco2)c(C)c1I. The Labute approximate surface area is 131 Å². The second-order valence-electron chi connectivity index (χ2n) is 4.67. The van der Waals surface area contributed by atoms with Gasteiger partial charge in [0.1, 0.15) is 5.76 Å². The fourth-order valence-electron chi connectivity index (χ4n) is 1.97. The number of rotatable bonds is 6. The average molecular weight is 387 g/mol. The van der Waals surface area contributed by atoms with E-state index in [9.17, 15) is 4.79 Å². The van der Waals surface area contributed by atoms with E-state index >= 15 is 0 Å². The number of hydrogen-bond donors (Lipinski definition) is 1. The lowest BCUT2D eigenvalue weighted by atomic mass is 10.3. The van der Waals surface area contributed by atoms with E-state index < -0.39 is 0 Å². The van der Waals surface area contributed by atoms with Crippen LogP contribution in [0.3, 0.4) is 0 Å². The van der Waals surface area contributed by atoms with Gasteiger partial charge in [-0.3, -0.25) is 9.48 Å². The fourth-order valence-corrected chi connectivity index (χ4v) is 2.36. The number of aryl methyl sites for hydroxylation is 2. The van der Waals surface area contributed by atoms with Gasteiger partial charge in [0.2, 0.25) is 5.91 Å². The number of hydrogen-bond acceptors (Lipinski definition) is 3. The van der Waals surface area contributed by atoms with Crippen molar-refractivity contribution in [2.24, 2.45) is 0 Å². The van der Waals surface area contributed by atoms with Gasteiger partial charge in [0, 0.05) is 18.7 Å². The van der Waals surface area contributed by atoms with E-state index in [-0.39, 0.29) is 5.91 Å². The highest BCUT2D eigenvalue weighted by Gasteiger charge is 2.09. The maximum atomic E-state index is 11.7. The summed E-state index contributed by atoms with van der Waals surface area (Å²) < 4.78 is 8.33. The van der Waals surface area contributed by atoms with Crippen molar-refractivity contribution >= 4 is 28.5 Å². The van der Waals surface area contributed by atoms with E-state index in [0.717, 1.165) is 24.4 Å². The molecule has 5 nitrogen and oxygen atoms in total. The normalized spacial score (nSPS) is 10.8. The number of aromatic nitrogens is 2. The number of amides is 1. The van der Waals surface area contributed by atoms with Gasteiger partial charge in [-0.15, -0.1) is 0 Å². The van der Waals surface area contributed by atoms with Crippen LogP contribution in [0.5, 0.6) is 0 Å². The lowest BCUT2D eigenvalue weighted by molar-refractivity contribution is -0.121. The maximum absolute atomic E-state index is 11.7. The third kappa shape index (κ3) is 3.84. The molecular formula is C14H18IN3O2. The molecule has 1 amide bonds. The second-order valence-corrected chi connectivity index (χ2v) is 5.75. The molecule has 0 fully saturated rings. The Balaban J connectivity index is 1.72. The third-order valence-corrected chi connectivity index (χ3v) is 4.67. The summed E-state index contributed by atoms with van der Waals surface area (Å²) in [4.78, 5) is 11.7. The van der Waals surface area contributed by atoms with Crippen LogP contribution < -0.4 is 5.32 Å². The molecule has 0 bridgehead atoms. The Bertz CT molecular complexity index is 576. The van der Waals surface area contributed by atoms with Crippen LogP contribution in [0.25, 0.3) is 0 Å². The van der Waals surface area contributed by atoms with E-state index in [4.69, 9.17) is 4.42 Å². The number of furan rings is 1. The zero-order valence-corrected chi connectivity index (χ0v) is 13.8. The lowest BCUT2D eigenvalue weighted by Gasteiger charge is -2.05. The number of halogens is 1. The van der Waals surface area contributed by atoms with Crippen molar-refractivity contribution < 1.29 is 9.21 Å². The first-order valence-corrected chi connectivity index (χ1v) is 7.64. The van der Waals surface area contributed by atoms with Crippen LogP contribution in [0.15, 0.2) is 22.8 Å². The third-order valence-electron chi connectivity index (χ3n) is 3.11. The Morgan fingerprint density at radius 2 is 2.30 bits per heavy atom. The van der Waals surface area contributed by atoms with Crippen molar-refractivity contribution in [1.82, 2.24) is 15.1 Å². The number of nitrogens with one attached hydrogen (secondary N) is 1. The molecule has 20 heavy (non-hydrogen) atoms. The summed E-state index contributed by atoms with van der Waals surface area (Å²) in [5, 5.41) is 7.29. The van der Waals surface area contributed by atoms with Crippen molar-refractivity contribution in [2.75, 3.05) is 0 Å². The van der Waals surface area contributed by atoms with Crippen LogP contribution >= 0.6 is 22.6 Å². The zero-order valence-electron chi connectivity index (χ0n) is 11.6. The number of carbonyl (C=O) groups is 1. The van der Waals surface area contributed by atoms with Gasteiger partial charge < -0.3 is 9.73 Å². The van der Waals surface area contributed by atoms with E-state index in [1.807, 2.05) is 23.7 Å². The van der Waals surface area contributed by atoms with Crippen LogP contribution in [0.1, 0.15) is 30.0 Å². The minimum absolute atomic E-state index is 0.0395. The molecule has 0 aromatic carbocycles. The topological polar surface area (TPSA) is 60.1 Å². The highest BCUT2D eigenvalue weighted by Crippen LogP contribution is 2.15. The van der Waals surface area contributed by atoms with Crippen molar-refractivity contribution in [3.8, 4) is 0 Å². The molecule has 2 rings (SSSR count). The monoisotopic (exact) mass is 387 g/mol. The lowest BCUT2D eigenvalue weighted by Crippen LogP contribution is -2.22. The minimum atomic E-state index is 0.0395. The first-order chi connectivity index (χ1) is 9.58. The van der Waals surface area contributed by atoms with E-state index in [0.29, 0.717) is 13.0 Å². The molecule has 108 valence electrons. The van der Waals surface area contributed by atoms with Gasteiger partial charge in [-0.05, 0) is 55.0 Å². The van der Waals surface area contributed by atoms with Gasteiger partial charge in [0.25, 0.3) is 0 Å². The highest BCUT2D eigenvalue weighted by atomic mass is 127. The number of nitrogens with zero attached hydrogens (tertiary/aromatic N) is 2. The summed E-state index contributed by atoms with van der Waals surface area (Å²) in [6.45, 7) is 5.27. The summed E-state index contributed by atoms with van der Waals surface area (Å²) in [6.07, 6.45) is 2.88.